The van der Waals surface area contributed by atoms with Gasteiger partial charge in [0, 0.05) is 50.6 Å². The Labute approximate surface area is 156 Å². The molecule has 26 heavy (non-hydrogen) atoms. The van der Waals surface area contributed by atoms with Gasteiger partial charge in [-0.15, -0.1) is 6.58 Å². The normalized spacial score (nSPS) is 20.3. The van der Waals surface area contributed by atoms with Crippen molar-refractivity contribution in [2.75, 3.05) is 38.0 Å². The van der Waals surface area contributed by atoms with Crippen LogP contribution in [0.2, 0.25) is 0 Å². The Hall–Kier alpha value is -1.95. The van der Waals surface area contributed by atoms with Crippen molar-refractivity contribution in [3.63, 3.8) is 0 Å². The molecule has 1 aromatic heterocycles. The molecule has 0 aliphatic carbocycles. The molecule has 142 valence electrons. The third-order valence-corrected chi connectivity index (χ3v) is 5.66. The molecule has 2 fully saturated rings. The van der Waals surface area contributed by atoms with E-state index in [4.69, 9.17) is 0 Å². The van der Waals surface area contributed by atoms with Gasteiger partial charge in [-0.1, -0.05) is 13.0 Å². The summed E-state index contributed by atoms with van der Waals surface area (Å²) in [4.78, 5) is 25.3. The fraction of sp³-hybridized carbons (Fsp3) is 0.650. The van der Waals surface area contributed by atoms with Crippen molar-refractivity contribution >= 4 is 11.9 Å². The lowest BCUT2D eigenvalue weighted by atomic mass is 9.72. The van der Waals surface area contributed by atoms with Crippen LogP contribution < -0.4 is 5.32 Å². The van der Waals surface area contributed by atoms with E-state index in [1.807, 2.05) is 23.4 Å². The molecule has 0 saturated carbocycles. The van der Waals surface area contributed by atoms with Crippen LogP contribution in [0.15, 0.2) is 25.0 Å². The summed E-state index contributed by atoms with van der Waals surface area (Å²) in [5.41, 5.74) is 1.47. The first-order valence-electron chi connectivity index (χ1n) is 9.80. The zero-order chi connectivity index (χ0) is 18.4. The molecule has 0 aromatic carbocycles. The Bertz CT molecular complexity index is 607. The van der Waals surface area contributed by atoms with Crippen LogP contribution in [0.1, 0.15) is 44.6 Å². The summed E-state index contributed by atoms with van der Waals surface area (Å²) in [7, 11) is 0. The summed E-state index contributed by atoms with van der Waals surface area (Å²) in [6.07, 6.45) is 10.8. The van der Waals surface area contributed by atoms with E-state index in [1.165, 1.54) is 0 Å². The van der Waals surface area contributed by atoms with Gasteiger partial charge in [-0.3, -0.25) is 9.69 Å². The van der Waals surface area contributed by atoms with Gasteiger partial charge >= 0.3 is 0 Å². The number of hydrogen-bond donors (Lipinski definition) is 1. The van der Waals surface area contributed by atoms with Gasteiger partial charge in [-0.25, -0.2) is 9.97 Å². The van der Waals surface area contributed by atoms with Crippen LogP contribution in [-0.2, 0) is 11.3 Å². The quantitative estimate of drug-likeness (QED) is 0.760. The Kier molecular flexibility index (Phi) is 6.25. The minimum atomic E-state index is 0.284. The summed E-state index contributed by atoms with van der Waals surface area (Å²) in [5.74, 6) is 0.995. The van der Waals surface area contributed by atoms with Crippen molar-refractivity contribution < 1.29 is 4.79 Å². The monoisotopic (exact) mass is 357 g/mol. The average molecular weight is 358 g/mol. The standard InChI is InChI=1S/C20H31N5O/c1-3-9-21-19-22-13-17(14-23-19)15-24-11-7-20(8-12-24)6-5-18(26)25(16-20)10-4-2/h4,13-14H,2-3,5-12,15-16H2,1H3,(H,21,22,23). The molecule has 0 bridgehead atoms. The van der Waals surface area contributed by atoms with Gasteiger partial charge in [0.1, 0.15) is 0 Å². The summed E-state index contributed by atoms with van der Waals surface area (Å²) < 4.78 is 0. The third-order valence-electron chi connectivity index (χ3n) is 5.66. The number of rotatable bonds is 7. The van der Waals surface area contributed by atoms with Crippen LogP contribution in [0.3, 0.4) is 0 Å². The van der Waals surface area contributed by atoms with Gasteiger partial charge in [0.15, 0.2) is 0 Å². The predicted octanol–water partition coefficient (Wildman–Crippen LogP) is 2.69. The first kappa shape index (κ1) is 18.8. The highest BCUT2D eigenvalue weighted by atomic mass is 16.2. The van der Waals surface area contributed by atoms with E-state index in [-0.39, 0.29) is 5.91 Å². The zero-order valence-corrected chi connectivity index (χ0v) is 15.9. The lowest BCUT2D eigenvalue weighted by Gasteiger charge is -2.47. The van der Waals surface area contributed by atoms with Gasteiger partial charge in [0.2, 0.25) is 11.9 Å². The Balaban J connectivity index is 1.50. The van der Waals surface area contributed by atoms with Crippen molar-refractivity contribution in [3.05, 3.63) is 30.6 Å². The Morgan fingerprint density at radius 1 is 1.27 bits per heavy atom. The van der Waals surface area contributed by atoms with Gasteiger partial charge in [-0.2, -0.15) is 0 Å². The number of carbonyl (C=O) groups excluding carboxylic acids is 1. The first-order valence-corrected chi connectivity index (χ1v) is 9.80. The average Bonchev–Trinajstić information content (AvgIpc) is 2.66. The maximum Gasteiger partial charge on any atom is 0.222 e. The molecule has 1 amide bonds. The number of aromatic nitrogens is 2. The molecule has 2 aliphatic rings. The summed E-state index contributed by atoms with van der Waals surface area (Å²) in [6.45, 7) is 11.4. The molecule has 1 N–H and O–H groups in total. The molecule has 2 saturated heterocycles. The van der Waals surface area contributed by atoms with Gasteiger partial charge in [-0.05, 0) is 44.2 Å². The lowest BCUT2D eigenvalue weighted by molar-refractivity contribution is -0.138. The van der Waals surface area contributed by atoms with Crippen molar-refractivity contribution in [1.82, 2.24) is 19.8 Å². The van der Waals surface area contributed by atoms with Crippen LogP contribution >= 0.6 is 0 Å². The van der Waals surface area contributed by atoms with Gasteiger partial charge in [0.25, 0.3) is 0 Å². The number of likely N-dealkylation sites (tertiary alicyclic amines) is 2. The number of anilines is 1. The zero-order valence-electron chi connectivity index (χ0n) is 15.9. The van der Waals surface area contributed by atoms with Crippen LogP contribution in [0.5, 0.6) is 0 Å². The van der Waals surface area contributed by atoms with Gasteiger partial charge in [0.05, 0.1) is 0 Å². The second kappa shape index (κ2) is 8.62. The maximum atomic E-state index is 12.1. The number of nitrogens with zero attached hydrogens (tertiary/aromatic N) is 4. The highest BCUT2D eigenvalue weighted by molar-refractivity contribution is 5.77. The molecular formula is C20H31N5O. The third kappa shape index (κ3) is 4.61. The molecule has 0 radical (unpaired) electrons. The highest BCUT2D eigenvalue weighted by Gasteiger charge is 2.40. The van der Waals surface area contributed by atoms with Crippen molar-refractivity contribution in [2.24, 2.45) is 5.41 Å². The second-order valence-corrected chi connectivity index (χ2v) is 7.68. The fourth-order valence-electron chi connectivity index (χ4n) is 4.04. The van der Waals surface area contributed by atoms with E-state index in [1.54, 1.807) is 0 Å². The summed E-state index contributed by atoms with van der Waals surface area (Å²) in [5, 5.41) is 3.21. The number of nitrogens with one attached hydrogen (secondary N) is 1. The molecule has 1 spiro atoms. The topological polar surface area (TPSA) is 61.4 Å². The molecular weight excluding hydrogens is 326 g/mol. The number of piperidine rings is 2. The number of hydrogen-bond acceptors (Lipinski definition) is 5. The van der Waals surface area contributed by atoms with E-state index in [9.17, 15) is 4.79 Å². The summed E-state index contributed by atoms with van der Waals surface area (Å²) >= 11 is 0. The van der Waals surface area contributed by atoms with Crippen molar-refractivity contribution in [2.45, 2.75) is 45.6 Å². The van der Waals surface area contributed by atoms with Crippen molar-refractivity contribution in [3.8, 4) is 0 Å². The predicted molar refractivity (Wildman–Crippen MR) is 104 cm³/mol. The van der Waals surface area contributed by atoms with E-state index in [0.29, 0.717) is 24.3 Å². The fourth-order valence-corrected chi connectivity index (χ4v) is 4.04. The van der Waals surface area contributed by atoms with Crippen LogP contribution in [0, 0.1) is 5.41 Å². The van der Waals surface area contributed by atoms with Crippen LogP contribution in [-0.4, -0.2) is 58.4 Å². The number of amides is 1. The Morgan fingerprint density at radius 3 is 2.65 bits per heavy atom. The second-order valence-electron chi connectivity index (χ2n) is 7.68. The van der Waals surface area contributed by atoms with Gasteiger partial charge < -0.3 is 10.2 Å². The minimum Gasteiger partial charge on any atom is -0.354 e. The largest absolute Gasteiger partial charge is 0.354 e. The summed E-state index contributed by atoms with van der Waals surface area (Å²) in [6, 6.07) is 0. The maximum absolute atomic E-state index is 12.1. The van der Waals surface area contributed by atoms with E-state index >= 15 is 0 Å². The van der Waals surface area contributed by atoms with Crippen molar-refractivity contribution in [1.29, 1.82) is 0 Å². The molecule has 3 heterocycles. The SMILES string of the molecule is C=CCN1CC2(CCC1=O)CCN(Cc1cnc(NCCC)nc1)CC2. The van der Waals surface area contributed by atoms with E-state index < -0.39 is 0 Å². The Morgan fingerprint density at radius 2 is 2.00 bits per heavy atom. The molecule has 1 aromatic rings. The highest BCUT2D eigenvalue weighted by Crippen LogP contribution is 2.40. The molecule has 6 nitrogen and oxygen atoms in total. The lowest BCUT2D eigenvalue weighted by Crippen LogP contribution is -2.51. The van der Waals surface area contributed by atoms with Crippen LogP contribution in [0.25, 0.3) is 0 Å². The van der Waals surface area contributed by atoms with E-state index in [2.05, 4.69) is 33.7 Å². The van der Waals surface area contributed by atoms with Crippen LogP contribution in [0.4, 0.5) is 5.95 Å². The van der Waals surface area contributed by atoms with E-state index in [0.717, 1.165) is 64.0 Å². The number of carbonyl (C=O) groups is 1. The molecule has 3 rings (SSSR count). The molecule has 2 aliphatic heterocycles. The molecule has 6 heteroatoms. The minimum absolute atomic E-state index is 0.284. The molecule has 0 atom stereocenters. The molecule has 0 unspecified atom stereocenters. The smallest absolute Gasteiger partial charge is 0.222 e. The first-order chi connectivity index (χ1) is 12.6.